The normalized spacial score (nSPS) is 16.5. The molecule has 1 atom stereocenters. The van der Waals surface area contributed by atoms with Crippen LogP contribution in [0.1, 0.15) is 12.5 Å². The first-order valence-electron chi connectivity index (χ1n) is 7.99. The second kappa shape index (κ2) is 8.53. The minimum absolute atomic E-state index is 0.256. The van der Waals surface area contributed by atoms with Gasteiger partial charge in [0.25, 0.3) is 5.91 Å². The number of hydrogen-bond acceptors (Lipinski definition) is 5. The molecule has 1 aliphatic heterocycles. The highest BCUT2D eigenvalue weighted by Crippen LogP contribution is 2.38. The average molecular weight is 454 g/mol. The molecule has 0 aliphatic carbocycles. The first-order chi connectivity index (χ1) is 13.3. The summed E-state index contributed by atoms with van der Waals surface area (Å²) in [6, 6.07) is 11.6. The molecule has 0 bridgehead atoms. The minimum Gasteiger partial charge on any atom is -0.479 e. The van der Waals surface area contributed by atoms with E-state index < -0.39 is 12.1 Å². The van der Waals surface area contributed by atoms with Gasteiger partial charge in [-0.15, -0.1) is 0 Å². The Morgan fingerprint density at radius 2 is 1.89 bits per heavy atom. The van der Waals surface area contributed by atoms with Crippen molar-refractivity contribution in [1.29, 1.82) is 0 Å². The quantitative estimate of drug-likeness (QED) is 0.492. The molecule has 1 fully saturated rings. The number of carbonyl (C=O) groups excluding carboxylic acids is 1. The number of carboxylic acids is 1. The van der Waals surface area contributed by atoms with Gasteiger partial charge in [0.1, 0.15) is 5.75 Å². The molecule has 1 amide bonds. The van der Waals surface area contributed by atoms with E-state index in [1.54, 1.807) is 48.5 Å². The van der Waals surface area contributed by atoms with Crippen molar-refractivity contribution >= 4 is 75.1 Å². The lowest BCUT2D eigenvalue weighted by molar-refractivity contribution is -0.144. The van der Waals surface area contributed by atoms with Crippen LogP contribution in [0.15, 0.2) is 47.4 Å². The molecule has 28 heavy (non-hydrogen) atoms. The van der Waals surface area contributed by atoms with Gasteiger partial charge in [-0.1, -0.05) is 59.3 Å². The van der Waals surface area contributed by atoms with Crippen molar-refractivity contribution in [1.82, 2.24) is 0 Å². The largest absolute Gasteiger partial charge is 0.479 e. The zero-order valence-electron chi connectivity index (χ0n) is 14.4. The third-order valence-electron chi connectivity index (χ3n) is 3.79. The zero-order valence-corrected chi connectivity index (χ0v) is 17.5. The van der Waals surface area contributed by atoms with E-state index in [9.17, 15) is 9.59 Å². The van der Waals surface area contributed by atoms with Crippen LogP contribution in [0.3, 0.4) is 0 Å². The second-order valence-electron chi connectivity index (χ2n) is 5.78. The molecule has 1 heterocycles. The summed E-state index contributed by atoms with van der Waals surface area (Å²) in [6.07, 6.45) is 0.759. The van der Waals surface area contributed by atoms with Crippen molar-refractivity contribution in [2.75, 3.05) is 4.90 Å². The summed E-state index contributed by atoms with van der Waals surface area (Å²) in [5.41, 5.74) is 1.30. The molecular formula is C19H13Cl2NO4S2. The van der Waals surface area contributed by atoms with Crippen molar-refractivity contribution in [3.63, 3.8) is 0 Å². The van der Waals surface area contributed by atoms with Crippen molar-refractivity contribution in [2.24, 2.45) is 0 Å². The van der Waals surface area contributed by atoms with Gasteiger partial charge in [-0.3, -0.25) is 9.69 Å². The fourth-order valence-corrected chi connectivity index (χ4v) is 3.95. The first kappa shape index (κ1) is 20.7. The van der Waals surface area contributed by atoms with Crippen LogP contribution in [0.2, 0.25) is 10.0 Å². The Hall–Kier alpha value is -2.06. The lowest BCUT2D eigenvalue weighted by Crippen LogP contribution is -2.27. The molecule has 1 aliphatic rings. The fraction of sp³-hybridized carbons (Fsp3) is 0.105. The summed E-state index contributed by atoms with van der Waals surface area (Å²) in [7, 11) is 0. The Labute approximate surface area is 180 Å². The second-order valence-corrected chi connectivity index (χ2v) is 8.27. The third-order valence-corrected chi connectivity index (χ3v) is 5.83. The van der Waals surface area contributed by atoms with Gasteiger partial charge in [0.15, 0.2) is 10.4 Å². The number of hydrogen-bond donors (Lipinski definition) is 1. The van der Waals surface area contributed by atoms with Gasteiger partial charge in [0.2, 0.25) is 0 Å². The molecule has 144 valence electrons. The monoisotopic (exact) mass is 453 g/mol. The molecule has 2 aromatic carbocycles. The molecule has 0 aromatic heterocycles. The number of halogens is 2. The topological polar surface area (TPSA) is 66.8 Å². The van der Waals surface area contributed by atoms with Crippen molar-refractivity contribution in [3.05, 3.63) is 63.0 Å². The van der Waals surface area contributed by atoms with Crippen LogP contribution in [0.5, 0.6) is 5.75 Å². The lowest BCUT2D eigenvalue weighted by atomic mass is 10.2. The Balaban J connectivity index is 1.79. The molecule has 1 unspecified atom stereocenters. The number of nitrogens with zero attached hydrogens (tertiary/aromatic N) is 1. The summed E-state index contributed by atoms with van der Waals surface area (Å²) >= 11 is 18.5. The molecule has 5 nitrogen and oxygen atoms in total. The van der Waals surface area contributed by atoms with Gasteiger partial charge >= 0.3 is 5.97 Å². The third kappa shape index (κ3) is 4.50. The van der Waals surface area contributed by atoms with E-state index in [1.165, 1.54) is 23.6 Å². The van der Waals surface area contributed by atoms with Crippen LogP contribution in [-0.4, -0.2) is 27.4 Å². The summed E-state index contributed by atoms with van der Waals surface area (Å²) in [4.78, 5) is 25.5. The smallest absolute Gasteiger partial charge is 0.344 e. The fourth-order valence-electron chi connectivity index (χ4n) is 2.36. The number of amides is 1. The van der Waals surface area contributed by atoms with Crippen molar-refractivity contribution in [2.45, 2.75) is 13.0 Å². The zero-order chi connectivity index (χ0) is 20.4. The molecule has 1 N–H and O–H groups in total. The number of aliphatic carboxylic acids is 1. The van der Waals surface area contributed by atoms with E-state index in [1.807, 2.05) is 0 Å². The highest BCUT2D eigenvalue weighted by atomic mass is 35.5. The molecule has 9 heteroatoms. The summed E-state index contributed by atoms with van der Waals surface area (Å²) < 4.78 is 5.68. The maximum atomic E-state index is 12.8. The highest BCUT2D eigenvalue weighted by Gasteiger charge is 2.33. The number of anilines is 1. The van der Waals surface area contributed by atoms with Gasteiger partial charge < -0.3 is 9.84 Å². The van der Waals surface area contributed by atoms with Crippen molar-refractivity contribution in [3.8, 4) is 5.75 Å². The van der Waals surface area contributed by atoms with E-state index in [-0.39, 0.29) is 5.91 Å². The van der Waals surface area contributed by atoms with Crippen molar-refractivity contribution < 1.29 is 19.4 Å². The standard InChI is InChI=1S/C19H13Cl2NO4S2/c1-10(18(24)25)26-13-5-2-11(3-6-13)8-16-17(23)22(19(27)28-16)12-4-7-14(20)15(21)9-12/h2-10H,1H3,(H,24,25)/b16-8+. The highest BCUT2D eigenvalue weighted by molar-refractivity contribution is 8.27. The predicted molar refractivity (Wildman–Crippen MR) is 116 cm³/mol. The predicted octanol–water partition coefficient (Wildman–Crippen LogP) is 5.25. The number of carbonyl (C=O) groups is 2. The van der Waals surface area contributed by atoms with Gasteiger partial charge in [0, 0.05) is 0 Å². The summed E-state index contributed by atoms with van der Waals surface area (Å²) in [6.45, 7) is 1.45. The van der Waals surface area contributed by atoms with Gasteiger partial charge in [0.05, 0.1) is 20.6 Å². The van der Waals surface area contributed by atoms with Crippen LogP contribution in [0, 0.1) is 0 Å². The minimum atomic E-state index is -1.05. The molecular weight excluding hydrogens is 441 g/mol. The Morgan fingerprint density at radius 1 is 1.21 bits per heavy atom. The number of thiocarbonyl (C=S) groups is 1. The molecule has 2 aromatic rings. The number of rotatable bonds is 5. The molecule has 0 radical (unpaired) electrons. The SMILES string of the molecule is CC(Oc1ccc(/C=C2/SC(=S)N(c3ccc(Cl)c(Cl)c3)C2=O)cc1)C(=O)O. The lowest BCUT2D eigenvalue weighted by Gasteiger charge is -2.15. The Kier molecular flexibility index (Phi) is 6.30. The van der Waals surface area contributed by atoms with Crippen LogP contribution in [-0.2, 0) is 9.59 Å². The maximum absolute atomic E-state index is 12.8. The van der Waals surface area contributed by atoms with Gasteiger partial charge in [-0.05, 0) is 48.9 Å². The number of ether oxygens (including phenoxy) is 1. The van der Waals surface area contributed by atoms with Gasteiger partial charge in [-0.2, -0.15) is 0 Å². The van der Waals surface area contributed by atoms with E-state index in [2.05, 4.69) is 0 Å². The summed E-state index contributed by atoms with van der Waals surface area (Å²) in [5, 5.41) is 9.62. The molecule has 0 saturated carbocycles. The number of thioether (sulfide) groups is 1. The van der Waals surface area contributed by atoms with Crippen LogP contribution < -0.4 is 9.64 Å². The average Bonchev–Trinajstić information content (AvgIpc) is 2.92. The summed E-state index contributed by atoms with van der Waals surface area (Å²) in [5.74, 6) is -0.876. The van der Waals surface area contributed by atoms with E-state index in [0.717, 1.165) is 5.56 Å². The van der Waals surface area contributed by atoms with Crippen LogP contribution in [0.25, 0.3) is 6.08 Å². The van der Waals surface area contributed by atoms with E-state index >= 15 is 0 Å². The number of benzene rings is 2. The Morgan fingerprint density at radius 3 is 2.50 bits per heavy atom. The molecule has 0 spiro atoms. The van der Waals surface area contributed by atoms with Crippen LogP contribution >= 0.6 is 47.2 Å². The maximum Gasteiger partial charge on any atom is 0.344 e. The van der Waals surface area contributed by atoms with Gasteiger partial charge in [-0.25, -0.2) is 4.79 Å². The Bertz CT molecular complexity index is 992. The van der Waals surface area contributed by atoms with Crippen LogP contribution in [0.4, 0.5) is 5.69 Å². The van der Waals surface area contributed by atoms with E-state index in [4.69, 9.17) is 45.3 Å². The molecule has 1 saturated heterocycles. The van der Waals surface area contributed by atoms with E-state index in [0.29, 0.717) is 30.7 Å². The number of carboxylic acid groups (broad SMARTS) is 1. The molecule has 3 rings (SSSR count). The first-order valence-corrected chi connectivity index (χ1v) is 9.97.